The Kier molecular flexibility index (Phi) is 3.01. The molecule has 1 fully saturated rings. The number of carbonyl (C=O) groups is 2. The van der Waals surface area contributed by atoms with Gasteiger partial charge in [0.15, 0.2) is 0 Å². The summed E-state index contributed by atoms with van der Waals surface area (Å²) in [5, 5.41) is 0. The molecule has 0 aromatic rings. The van der Waals surface area contributed by atoms with Gasteiger partial charge in [0.2, 0.25) is 0 Å². The quantitative estimate of drug-likeness (QED) is 0.588. The van der Waals surface area contributed by atoms with Crippen molar-refractivity contribution in [2.45, 2.75) is 39.5 Å². The van der Waals surface area contributed by atoms with E-state index in [1.165, 1.54) is 0 Å². The van der Waals surface area contributed by atoms with Gasteiger partial charge >= 0.3 is 0 Å². The van der Waals surface area contributed by atoms with Crippen LogP contribution < -0.4 is 0 Å². The van der Waals surface area contributed by atoms with Gasteiger partial charge in [-0.15, -0.1) is 0 Å². The number of ketones is 2. The van der Waals surface area contributed by atoms with Crippen molar-refractivity contribution in [1.82, 2.24) is 0 Å². The molecule has 1 aliphatic rings. The van der Waals surface area contributed by atoms with E-state index < -0.39 is 0 Å². The average molecular weight is 168 g/mol. The zero-order valence-corrected chi connectivity index (χ0v) is 7.80. The fourth-order valence-corrected chi connectivity index (χ4v) is 1.49. The molecule has 2 heteroatoms. The first-order chi connectivity index (χ1) is 5.70. The minimum Gasteiger partial charge on any atom is -0.299 e. The van der Waals surface area contributed by atoms with E-state index in [0.29, 0.717) is 12.8 Å². The predicted octanol–water partition coefficient (Wildman–Crippen LogP) is 1.97. The van der Waals surface area contributed by atoms with Gasteiger partial charge in [0.05, 0.1) is 5.92 Å². The Labute approximate surface area is 73.3 Å². The molecule has 1 saturated carbocycles. The molecular formula is C10H16O2. The van der Waals surface area contributed by atoms with Crippen molar-refractivity contribution in [3.05, 3.63) is 0 Å². The molecular weight excluding hydrogens is 152 g/mol. The van der Waals surface area contributed by atoms with E-state index in [4.69, 9.17) is 0 Å². The SMILES string of the molecule is CCC(=O)C(CC)C(=O)C1CC1. The molecule has 0 bridgehead atoms. The normalized spacial score (nSPS) is 18.8. The Hall–Kier alpha value is -0.660. The lowest BCUT2D eigenvalue weighted by molar-refractivity contribution is -0.133. The summed E-state index contributed by atoms with van der Waals surface area (Å²) in [7, 11) is 0. The van der Waals surface area contributed by atoms with E-state index >= 15 is 0 Å². The summed E-state index contributed by atoms with van der Waals surface area (Å²) in [5.41, 5.74) is 0. The molecule has 0 N–H and O–H groups in total. The molecule has 0 saturated heterocycles. The minimum absolute atomic E-state index is 0.120. The topological polar surface area (TPSA) is 34.1 Å². The zero-order valence-electron chi connectivity index (χ0n) is 7.80. The van der Waals surface area contributed by atoms with Crippen LogP contribution in [0.2, 0.25) is 0 Å². The molecule has 1 atom stereocenters. The van der Waals surface area contributed by atoms with E-state index in [0.717, 1.165) is 12.8 Å². The molecule has 0 heterocycles. The van der Waals surface area contributed by atoms with Crippen molar-refractivity contribution in [1.29, 1.82) is 0 Å². The summed E-state index contributed by atoms with van der Waals surface area (Å²) in [6.07, 6.45) is 3.19. The number of Topliss-reactive ketones (excluding diaryl/α,β-unsaturated/α-hetero) is 2. The third kappa shape index (κ3) is 1.93. The maximum Gasteiger partial charge on any atom is 0.146 e. The van der Waals surface area contributed by atoms with Crippen molar-refractivity contribution < 1.29 is 9.59 Å². The van der Waals surface area contributed by atoms with Crippen LogP contribution in [-0.2, 0) is 9.59 Å². The van der Waals surface area contributed by atoms with E-state index in [1.807, 2.05) is 13.8 Å². The second-order valence-corrected chi connectivity index (χ2v) is 3.46. The predicted molar refractivity (Wildman–Crippen MR) is 46.8 cm³/mol. The van der Waals surface area contributed by atoms with E-state index in [9.17, 15) is 9.59 Å². The Morgan fingerprint density at radius 3 is 2.25 bits per heavy atom. The summed E-state index contributed by atoms with van der Waals surface area (Å²) in [5.74, 6) is 0.256. The molecule has 0 radical (unpaired) electrons. The van der Waals surface area contributed by atoms with Crippen LogP contribution in [0, 0.1) is 11.8 Å². The van der Waals surface area contributed by atoms with Crippen LogP contribution in [0.4, 0.5) is 0 Å². The highest BCUT2D eigenvalue weighted by molar-refractivity contribution is 6.03. The number of hydrogen-bond acceptors (Lipinski definition) is 2. The van der Waals surface area contributed by atoms with Crippen LogP contribution >= 0.6 is 0 Å². The van der Waals surface area contributed by atoms with E-state index in [2.05, 4.69) is 0 Å². The van der Waals surface area contributed by atoms with Gasteiger partial charge in [-0.1, -0.05) is 13.8 Å². The molecule has 12 heavy (non-hydrogen) atoms. The third-order valence-corrected chi connectivity index (χ3v) is 2.47. The zero-order chi connectivity index (χ0) is 9.14. The molecule has 0 spiro atoms. The monoisotopic (exact) mass is 168 g/mol. The highest BCUT2D eigenvalue weighted by atomic mass is 16.2. The third-order valence-electron chi connectivity index (χ3n) is 2.47. The highest BCUT2D eigenvalue weighted by Gasteiger charge is 2.36. The summed E-state index contributed by atoms with van der Waals surface area (Å²) in [6, 6.07) is 0. The van der Waals surface area contributed by atoms with Crippen molar-refractivity contribution >= 4 is 11.6 Å². The van der Waals surface area contributed by atoms with Gasteiger partial charge in [-0.25, -0.2) is 0 Å². The summed E-state index contributed by atoms with van der Waals surface area (Å²) < 4.78 is 0. The molecule has 2 nitrogen and oxygen atoms in total. The van der Waals surface area contributed by atoms with Crippen molar-refractivity contribution in [2.24, 2.45) is 11.8 Å². The van der Waals surface area contributed by atoms with Crippen molar-refractivity contribution in [2.75, 3.05) is 0 Å². The molecule has 0 aliphatic heterocycles. The van der Waals surface area contributed by atoms with Gasteiger partial charge in [-0.2, -0.15) is 0 Å². The van der Waals surface area contributed by atoms with Gasteiger partial charge in [0.1, 0.15) is 11.6 Å². The largest absolute Gasteiger partial charge is 0.299 e. The number of carbonyl (C=O) groups excluding carboxylic acids is 2. The lowest BCUT2D eigenvalue weighted by atomic mass is 9.92. The molecule has 0 aromatic heterocycles. The van der Waals surface area contributed by atoms with Crippen LogP contribution in [0.5, 0.6) is 0 Å². The molecule has 1 unspecified atom stereocenters. The van der Waals surface area contributed by atoms with Crippen LogP contribution in [-0.4, -0.2) is 11.6 Å². The van der Waals surface area contributed by atoms with Crippen molar-refractivity contribution in [3.8, 4) is 0 Å². The van der Waals surface area contributed by atoms with Gasteiger partial charge in [-0.3, -0.25) is 9.59 Å². The Morgan fingerprint density at radius 1 is 1.33 bits per heavy atom. The molecule has 1 rings (SSSR count). The van der Waals surface area contributed by atoms with Crippen LogP contribution in [0.1, 0.15) is 39.5 Å². The first kappa shape index (κ1) is 9.43. The van der Waals surface area contributed by atoms with E-state index in [-0.39, 0.29) is 23.4 Å². The van der Waals surface area contributed by atoms with Crippen LogP contribution in [0.3, 0.4) is 0 Å². The lowest BCUT2D eigenvalue weighted by Crippen LogP contribution is -2.24. The average Bonchev–Trinajstić information content (AvgIpc) is 2.87. The Morgan fingerprint density at radius 2 is 1.92 bits per heavy atom. The molecule has 1 aliphatic carbocycles. The first-order valence-electron chi connectivity index (χ1n) is 4.77. The second kappa shape index (κ2) is 3.83. The maximum atomic E-state index is 11.5. The Balaban J connectivity index is 2.53. The van der Waals surface area contributed by atoms with Gasteiger partial charge in [0.25, 0.3) is 0 Å². The highest BCUT2D eigenvalue weighted by Crippen LogP contribution is 2.33. The molecule has 0 amide bonds. The van der Waals surface area contributed by atoms with E-state index in [1.54, 1.807) is 0 Å². The Bertz CT molecular complexity index is 192. The minimum atomic E-state index is -0.289. The second-order valence-electron chi connectivity index (χ2n) is 3.46. The standard InChI is InChI=1S/C10H16O2/c1-3-8(9(11)4-2)10(12)7-5-6-7/h7-8H,3-6H2,1-2H3. The van der Waals surface area contributed by atoms with Crippen molar-refractivity contribution in [3.63, 3.8) is 0 Å². The van der Waals surface area contributed by atoms with Gasteiger partial charge < -0.3 is 0 Å². The summed E-state index contributed by atoms with van der Waals surface area (Å²) in [4.78, 5) is 22.8. The fraction of sp³-hybridized carbons (Fsp3) is 0.800. The molecule has 68 valence electrons. The maximum absolute atomic E-state index is 11.5. The smallest absolute Gasteiger partial charge is 0.146 e. The fourth-order valence-electron chi connectivity index (χ4n) is 1.49. The molecule has 0 aromatic carbocycles. The summed E-state index contributed by atoms with van der Waals surface area (Å²) in [6.45, 7) is 3.74. The van der Waals surface area contributed by atoms with Crippen LogP contribution in [0.25, 0.3) is 0 Å². The lowest BCUT2D eigenvalue weighted by Gasteiger charge is -2.09. The van der Waals surface area contributed by atoms with Gasteiger partial charge in [0, 0.05) is 12.3 Å². The number of rotatable bonds is 5. The first-order valence-corrected chi connectivity index (χ1v) is 4.77. The van der Waals surface area contributed by atoms with Gasteiger partial charge in [-0.05, 0) is 19.3 Å². The number of hydrogen-bond donors (Lipinski definition) is 0. The van der Waals surface area contributed by atoms with Crippen LogP contribution in [0.15, 0.2) is 0 Å². The summed E-state index contributed by atoms with van der Waals surface area (Å²) >= 11 is 0.